The van der Waals surface area contributed by atoms with E-state index in [9.17, 15) is 9.59 Å². The van der Waals surface area contributed by atoms with Crippen molar-refractivity contribution in [3.05, 3.63) is 59.2 Å². The first-order valence-corrected chi connectivity index (χ1v) is 7.99. The fourth-order valence-electron chi connectivity index (χ4n) is 2.36. The SMILES string of the molecule is CCNC(=O)c1ccc(NC(=O)CNc2ccc(C)cc2C)cc1. The first-order valence-electron chi connectivity index (χ1n) is 7.99. The maximum absolute atomic E-state index is 12.0. The standard InChI is InChI=1S/C19H23N3O2/c1-4-20-19(24)15-6-8-16(9-7-15)22-18(23)12-21-17-10-5-13(2)11-14(17)3/h5-11,21H,4,12H2,1-3H3,(H,20,24)(H,22,23). The van der Waals surface area contributed by atoms with Gasteiger partial charge in [0, 0.05) is 23.5 Å². The van der Waals surface area contributed by atoms with Crippen molar-refractivity contribution in [1.82, 2.24) is 5.32 Å². The third-order valence-corrected chi connectivity index (χ3v) is 3.59. The number of nitrogens with one attached hydrogen (secondary N) is 3. The van der Waals surface area contributed by atoms with Crippen molar-refractivity contribution in [3.8, 4) is 0 Å². The first kappa shape index (κ1) is 17.5. The van der Waals surface area contributed by atoms with E-state index >= 15 is 0 Å². The van der Waals surface area contributed by atoms with Crippen LogP contribution in [0.4, 0.5) is 11.4 Å². The van der Waals surface area contributed by atoms with E-state index in [2.05, 4.69) is 22.0 Å². The molecule has 0 aromatic heterocycles. The van der Waals surface area contributed by atoms with Crippen LogP contribution in [0.3, 0.4) is 0 Å². The first-order chi connectivity index (χ1) is 11.5. The number of anilines is 2. The molecule has 0 bridgehead atoms. The minimum atomic E-state index is -0.138. The second-order valence-electron chi connectivity index (χ2n) is 5.66. The molecule has 0 aliphatic heterocycles. The van der Waals surface area contributed by atoms with Crippen molar-refractivity contribution in [2.24, 2.45) is 0 Å². The number of hydrogen-bond acceptors (Lipinski definition) is 3. The molecule has 0 spiro atoms. The quantitative estimate of drug-likeness (QED) is 0.764. The van der Waals surface area contributed by atoms with Crippen LogP contribution in [0.25, 0.3) is 0 Å². The molecule has 0 radical (unpaired) electrons. The topological polar surface area (TPSA) is 70.2 Å². The van der Waals surface area contributed by atoms with Crippen LogP contribution >= 0.6 is 0 Å². The number of rotatable bonds is 6. The highest BCUT2D eigenvalue weighted by atomic mass is 16.2. The lowest BCUT2D eigenvalue weighted by Gasteiger charge is -2.11. The van der Waals surface area contributed by atoms with Crippen LogP contribution in [0.15, 0.2) is 42.5 Å². The summed E-state index contributed by atoms with van der Waals surface area (Å²) < 4.78 is 0. The molecule has 2 amide bonds. The zero-order valence-corrected chi connectivity index (χ0v) is 14.3. The lowest BCUT2D eigenvalue weighted by Crippen LogP contribution is -2.23. The fraction of sp³-hybridized carbons (Fsp3) is 0.263. The van der Waals surface area contributed by atoms with Gasteiger partial charge in [-0.05, 0) is 56.7 Å². The van der Waals surface area contributed by atoms with Gasteiger partial charge in [0.2, 0.25) is 5.91 Å². The number of carbonyl (C=O) groups is 2. The van der Waals surface area contributed by atoms with Crippen LogP contribution in [0, 0.1) is 13.8 Å². The minimum absolute atomic E-state index is 0.119. The molecule has 126 valence electrons. The molecule has 0 heterocycles. The van der Waals surface area contributed by atoms with Crippen LogP contribution in [-0.2, 0) is 4.79 Å². The van der Waals surface area contributed by atoms with Gasteiger partial charge in [-0.1, -0.05) is 17.7 Å². The summed E-state index contributed by atoms with van der Waals surface area (Å²) in [7, 11) is 0. The normalized spacial score (nSPS) is 10.1. The van der Waals surface area contributed by atoms with Crippen molar-refractivity contribution in [2.75, 3.05) is 23.7 Å². The van der Waals surface area contributed by atoms with Gasteiger partial charge >= 0.3 is 0 Å². The molecule has 2 rings (SSSR count). The molecule has 2 aromatic rings. The van der Waals surface area contributed by atoms with Crippen LogP contribution in [0.1, 0.15) is 28.4 Å². The molecule has 0 saturated carbocycles. The number of benzene rings is 2. The Morgan fingerprint density at radius 1 is 1.00 bits per heavy atom. The molecule has 0 fully saturated rings. The highest BCUT2D eigenvalue weighted by Gasteiger charge is 2.06. The molecular formula is C19H23N3O2. The Morgan fingerprint density at radius 3 is 2.33 bits per heavy atom. The Bertz CT molecular complexity index is 724. The number of amides is 2. The molecule has 0 unspecified atom stereocenters. The predicted octanol–water partition coefficient (Wildman–Crippen LogP) is 3.10. The molecule has 0 saturated heterocycles. The Hall–Kier alpha value is -2.82. The molecule has 5 heteroatoms. The van der Waals surface area contributed by atoms with Gasteiger partial charge < -0.3 is 16.0 Å². The smallest absolute Gasteiger partial charge is 0.251 e. The lowest BCUT2D eigenvalue weighted by molar-refractivity contribution is -0.114. The van der Waals surface area contributed by atoms with E-state index in [-0.39, 0.29) is 18.4 Å². The Labute approximate surface area is 142 Å². The molecule has 0 aliphatic carbocycles. The van der Waals surface area contributed by atoms with Crippen LogP contribution in [0.5, 0.6) is 0 Å². The van der Waals surface area contributed by atoms with Gasteiger partial charge in [-0.15, -0.1) is 0 Å². The van der Waals surface area contributed by atoms with E-state index in [1.54, 1.807) is 24.3 Å². The average Bonchev–Trinajstić information content (AvgIpc) is 2.55. The van der Waals surface area contributed by atoms with E-state index < -0.39 is 0 Å². The summed E-state index contributed by atoms with van der Waals surface area (Å²) in [5.41, 5.74) is 4.48. The second-order valence-corrected chi connectivity index (χ2v) is 5.66. The molecular weight excluding hydrogens is 302 g/mol. The van der Waals surface area contributed by atoms with Crippen LogP contribution < -0.4 is 16.0 Å². The Kier molecular flexibility index (Phi) is 5.95. The van der Waals surface area contributed by atoms with Gasteiger partial charge in [0.25, 0.3) is 5.91 Å². The van der Waals surface area contributed by atoms with E-state index in [1.807, 2.05) is 32.9 Å². The van der Waals surface area contributed by atoms with Crippen LogP contribution in [-0.4, -0.2) is 24.9 Å². The van der Waals surface area contributed by atoms with Gasteiger partial charge in [-0.25, -0.2) is 0 Å². The third kappa shape index (κ3) is 4.84. The van der Waals surface area contributed by atoms with Gasteiger partial charge in [0.15, 0.2) is 0 Å². The number of hydrogen-bond donors (Lipinski definition) is 3. The summed E-state index contributed by atoms with van der Waals surface area (Å²) in [6.07, 6.45) is 0. The number of carbonyl (C=O) groups excluding carboxylic acids is 2. The van der Waals surface area contributed by atoms with E-state index in [0.717, 1.165) is 11.3 Å². The largest absolute Gasteiger partial charge is 0.376 e. The van der Waals surface area contributed by atoms with Crippen molar-refractivity contribution >= 4 is 23.2 Å². The maximum atomic E-state index is 12.0. The highest BCUT2D eigenvalue weighted by Crippen LogP contribution is 2.16. The third-order valence-electron chi connectivity index (χ3n) is 3.59. The van der Waals surface area contributed by atoms with E-state index in [0.29, 0.717) is 17.8 Å². The zero-order valence-electron chi connectivity index (χ0n) is 14.3. The summed E-state index contributed by atoms with van der Waals surface area (Å²) >= 11 is 0. The molecule has 0 aliphatic rings. The van der Waals surface area contributed by atoms with Crippen molar-refractivity contribution in [3.63, 3.8) is 0 Å². The lowest BCUT2D eigenvalue weighted by atomic mass is 10.1. The van der Waals surface area contributed by atoms with Gasteiger partial charge in [0.05, 0.1) is 6.54 Å². The van der Waals surface area contributed by atoms with Gasteiger partial charge in [-0.2, -0.15) is 0 Å². The summed E-state index contributed by atoms with van der Waals surface area (Å²) in [6, 6.07) is 12.9. The van der Waals surface area contributed by atoms with Gasteiger partial charge in [-0.3, -0.25) is 9.59 Å². The molecule has 2 aromatic carbocycles. The molecule has 3 N–H and O–H groups in total. The maximum Gasteiger partial charge on any atom is 0.251 e. The fourth-order valence-corrected chi connectivity index (χ4v) is 2.36. The van der Waals surface area contributed by atoms with E-state index in [4.69, 9.17) is 0 Å². The van der Waals surface area contributed by atoms with Crippen molar-refractivity contribution in [2.45, 2.75) is 20.8 Å². The van der Waals surface area contributed by atoms with Gasteiger partial charge in [0.1, 0.15) is 0 Å². The zero-order chi connectivity index (χ0) is 17.5. The van der Waals surface area contributed by atoms with E-state index in [1.165, 1.54) is 5.56 Å². The summed E-state index contributed by atoms with van der Waals surface area (Å²) in [4.78, 5) is 23.7. The summed E-state index contributed by atoms with van der Waals surface area (Å²) in [6.45, 7) is 6.68. The Balaban J connectivity index is 1.89. The second kappa shape index (κ2) is 8.15. The number of aryl methyl sites for hydroxylation is 2. The average molecular weight is 325 g/mol. The molecule has 5 nitrogen and oxygen atoms in total. The highest BCUT2D eigenvalue weighted by molar-refractivity contribution is 5.96. The molecule has 24 heavy (non-hydrogen) atoms. The molecule has 0 atom stereocenters. The summed E-state index contributed by atoms with van der Waals surface area (Å²) in [5.74, 6) is -0.257. The van der Waals surface area contributed by atoms with Crippen LogP contribution in [0.2, 0.25) is 0 Å². The summed E-state index contributed by atoms with van der Waals surface area (Å²) in [5, 5.41) is 8.67. The Morgan fingerprint density at radius 2 is 1.71 bits per heavy atom. The van der Waals surface area contributed by atoms with Crippen molar-refractivity contribution in [1.29, 1.82) is 0 Å². The minimum Gasteiger partial charge on any atom is -0.376 e. The van der Waals surface area contributed by atoms with Crippen molar-refractivity contribution < 1.29 is 9.59 Å². The monoisotopic (exact) mass is 325 g/mol. The predicted molar refractivity (Wildman–Crippen MR) is 97.5 cm³/mol.